The number of anilines is 1. The van der Waals surface area contributed by atoms with Gasteiger partial charge < -0.3 is 14.1 Å². The molecule has 4 heterocycles. The van der Waals surface area contributed by atoms with E-state index in [4.69, 9.17) is 14.1 Å². The zero-order valence-electron chi connectivity index (χ0n) is 19.9. The van der Waals surface area contributed by atoms with Crippen LogP contribution in [0.1, 0.15) is 80.3 Å². The summed E-state index contributed by atoms with van der Waals surface area (Å²) in [4.78, 5) is 25.3. The zero-order valence-corrected chi connectivity index (χ0v) is 19.9. The van der Waals surface area contributed by atoms with Crippen LogP contribution in [0.25, 0.3) is 0 Å². The molecule has 4 rings (SSSR count). The number of nitriles is 1. The van der Waals surface area contributed by atoms with E-state index in [0.717, 1.165) is 22.5 Å². The molecule has 2 aliphatic heterocycles. The molecule has 8 nitrogen and oxygen atoms in total. The predicted octanol–water partition coefficient (Wildman–Crippen LogP) is 4.85. The summed E-state index contributed by atoms with van der Waals surface area (Å²) in [5.41, 5.74) is 4.13. The summed E-state index contributed by atoms with van der Waals surface area (Å²) >= 11 is 0. The third-order valence-electron chi connectivity index (χ3n) is 5.93. The molecule has 0 aliphatic carbocycles. The molecule has 8 heteroatoms. The molecular weight excluding hydrogens is 418 g/mol. The number of rotatable bonds is 4. The van der Waals surface area contributed by atoms with Gasteiger partial charge in [0.2, 0.25) is 0 Å². The highest BCUT2D eigenvalue weighted by atomic mass is 16.5. The predicted molar refractivity (Wildman–Crippen MR) is 123 cm³/mol. The molecule has 0 bridgehead atoms. The Morgan fingerprint density at radius 3 is 2.55 bits per heavy atom. The van der Waals surface area contributed by atoms with Crippen molar-refractivity contribution in [1.29, 1.82) is 5.26 Å². The molecule has 33 heavy (non-hydrogen) atoms. The maximum absolute atomic E-state index is 13.0. The Kier molecular flexibility index (Phi) is 5.85. The maximum atomic E-state index is 13.0. The van der Waals surface area contributed by atoms with E-state index < -0.39 is 0 Å². The smallest absolute Gasteiger partial charge is 0.284 e. The summed E-state index contributed by atoms with van der Waals surface area (Å²) in [6, 6.07) is 2.40. The lowest BCUT2D eigenvalue weighted by molar-refractivity contribution is -0.0408. The number of oxazole rings is 1. The highest BCUT2D eigenvalue weighted by molar-refractivity contribution is 5.94. The fourth-order valence-electron chi connectivity index (χ4n) is 4.22. The van der Waals surface area contributed by atoms with Gasteiger partial charge in [-0.25, -0.2) is 9.97 Å². The summed E-state index contributed by atoms with van der Waals surface area (Å²) in [5, 5.41) is 10.2. The standard InChI is InChI=1S/C25H29N5O3/c1-15(2)21-11-29(7-8-30(21)24(31)20-13-32-14-27-20)23-18(10-26)17-9-25(5,6)33-12-19(17)22(28-23)16(3)4/h7-8,11,13-16H,9,12H2,1-6H3. The Balaban J connectivity index is 1.82. The fourth-order valence-corrected chi connectivity index (χ4v) is 4.22. The van der Waals surface area contributed by atoms with Gasteiger partial charge in [-0.2, -0.15) is 5.26 Å². The van der Waals surface area contributed by atoms with E-state index in [1.54, 1.807) is 17.3 Å². The molecule has 0 spiro atoms. The van der Waals surface area contributed by atoms with Gasteiger partial charge in [0, 0.05) is 36.3 Å². The van der Waals surface area contributed by atoms with Crippen molar-refractivity contribution in [2.24, 2.45) is 5.92 Å². The minimum atomic E-state index is -0.358. The SMILES string of the molecule is CC(C)C1=CN(c2nc(C(C)C)c3c(c2C#N)CC(C)(C)OC3)C=CN1C(=O)c1cocn1. The first-order valence-electron chi connectivity index (χ1n) is 11.1. The van der Waals surface area contributed by atoms with Crippen LogP contribution >= 0.6 is 0 Å². The minimum Gasteiger partial charge on any atom is -0.451 e. The van der Waals surface area contributed by atoms with Gasteiger partial charge in [-0.3, -0.25) is 9.69 Å². The van der Waals surface area contributed by atoms with E-state index in [9.17, 15) is 10.1 Å². The highest BCUT2D eigenvalue weighted by Gasteiger charge is 2.34. The number of pyridine rings is 1. The van der Waals surface area contributed by atoms with Crippen molar-refractivity contribution in [2.45, 2.75) is 66.1 Å². The molecule has 2 aromatic heterocycles. The molecular formula is C25H29N5O3. The summed E-state index contributed by atoms with van der Waals surface area (Å²) in [6.07, 6.45) is 8.52. The lowest BCUT2D eigenvalue weighted by atomic mass is 9.86. The number of nitrogens with zero attached hydrogens (tertiary/aromatic N) is 5. The second-order valence-electron chi connectivity index (χ2n) is 9.61. The number of aromatic nitrogens is 2. The first kappa shape index (κ1) is 22.7. The Hall–Kier alpha value is -3.44. The minimum absolute atomic E-state index is 0.0355. The molecule has 0 saturated heterocycles. The number of carbonyl (C=O) groups is 1. The van der Waals surface area contributed by atoms with Crippen LogP contribution < -0.4 is 4.90 Å². The summed E-state index contributed by atoms with van der Waals surface area (Å²) in [6.45, 7) is 12.7. The van der Waals surface area contributed by atoms with Crippen molar-refractivity contribution in [3.05, 3.63) is 65.0 Å². The van der Waals surface area contributed by atoms with E-state index in [2.05, 4.69) is 24.9 Å². The van der Waals surface area contributed by atoms with Crippen molar-refractivity contribution in [3.63, 3.8) is 0 Å². The third-order valence-corrected chi connectivity index (χ3v) is 5.93. The van der Waals surface area contributed by atoms with E-state index in [0.29, 0.717) is 24.4 Å². The average molecular weight is 448 g/mol. The molecule has 0 saturated carbocycles. The van der Waals surface area contributed by atoms with E-state index in [-0.39, 0.29) is 29.0 Å². The molecule has 0 aromatic carbocycles. The van der Waals surface area contributed by atoms with Gasteiger partial charge in [0.1, 0.15) is 12.3 Å². The molecule has 0 fully saturated rings. The van der Waals surface area contributed by atoms with Crippen LogP contribution in [0.2, 0.25) is 0 Å². The number of carbonyl (C=O) groups excluding carboxylic acids is 1. The van der Waals surface area contributed by atoms with Gasteiger partial charge in [-0.15, -0.1) is 0 Å². The molecule has 0 unspecified atom stereocenters. The zero-order chi connectivity index (χ0) is 23.9. The first-order chi connectivity index (χ1) is 15.6. The van der Waals surface area contributed by atoms with Crippen LogP contribution in [-0.4, -0.2) is 26.4 Å². The molecule has 0 radical (unpaired) electrons. The second kappa shape index (κ2) is 8.49. The Labute approximate surface area is 194 Å². The molecule has 172 valence electrons. The number of allylic oxidation sites excluding steroid dienone is 1. The van der Waals surface area contributed by atoms with Crippen LogP contribution in [0, 0.1) is 17.2 Å². The fraction of sp³-hybridized carbons (Fsp3) is 0.440. The summed E-state index contributed by atoms with van der Waals surface area (Å²) in [5.74, 6) is 0.497. The van der Waals surface area contributed by atoms with Crippen LogP contribution in [0.15, 0.2) is 41.4 Å². The van der Waals surface area contributed by atoms with Gasteiger partial charge >= 0.3 is 0 Å². The topological polar surface area (TPSA) is 95.5 Å². The number of ether oxygens (including phenoxy) is 1. The number of fused-ring (bicyclic) bond motifs is 1. The second-order valence-corrected chi connectivity index (χ2v) is 9.61. The van der Waals surface area contributed by atoms with Crippen LogP contribution in [0.4, 0.5) is 5.82 Å². The van der Waals surface area contributed by atoms with Crippen molar-refractivity contribution in [1.82, 2.24) is 14.9 Å². The molecule has 0 N–H and O–H groups in total. The molecule has 1 amide bonds. The Bertz CT molecular complexity index is 1170. The van der Waals surface area contributed by atoms with Crippen molar-refractivity contribution >= 4 is 11.7 Å². The maximum Gasteiger partial charge on any atom is 0.284 e. The average Bonchev–Trinajstić information content (AvgIpc) is 3.31. The van der Waals surface area contributed by atoms with Crippen LogP contribution in [-0.2, 0) is 17.8 Å². The highest BCUT2D eigenvalue weighted by Crippen LogP contribution is 2.38. The largest absolute Gasteiger partial charge is 0.451 e. The monoisotopic (exact) mass is 447 g/mol. The van der Waals surface area contributed by atoms with E-state index in [1.807, 2.05) is 38.8 Å². The van der Waals surface area contributed by atoms with Crippen LogP contribution in [0.3, 0.4) is 0 Å². The van der Waals surface area contributed by atoms with E-state index in [1.165, 1.54) is 12.7 Å². The van der Waals surface area contributed by atoms with Gasteiger partial charge in [-0.05, 0) is 31.2 Å². The number of amides is 1. The quantitative estimate of drug-likeness (QED) is 0.661. The summed E-state index contributed by atoms with van der Waals surface area (Å²) < 4.78 is 11.0. The number of hydrogen-bond acceptors (Lipinski definition) is 7. The Morgan fingerprint density at radius 2 is 1.94 bits per heavy atom. The Morgan fingerprint density at radius 1 is 1.18 bits per heavy atom. The molecule has 2 aliphatic rings. The molecule has 0 atom stereocenters. The lowest BCUT2D eigenvalue weighted by Crippen LogP contribution is -2.35. The summed E-state index contributed by atoms with van der Waals surface area (Å²) in [7, 11) is 0. The molecule has 2 aromatic rings. The van der Waals surface area contributed by atoms with Gasteiger partial charge in [0.05, 0.1) is 23.5 Å². The van der Waals surface area contributed by atoms with Crippen molar-refractivity contribution < 1.29 is 13.9 Å². The van der Waals surface area contributed by atoms with Crippen molar-refractivity contribution in [3.8, 4) is 6.07 Å². The van der Waals surface area contributed by atoms with E-state index >= 15 is 0 Å². The lowest BCUT2D eigenvalue weighted by Gasteiger charge is -2.36. The third kappa shape index (κ3) is 4.16. The number of hydrogen-bond donors (Lipinski definition) is 0. The van der Waals surface area contributed by atoms with Crippen molar-refractivity contribution in [2.75, 3.05) is 4.90 Å². The first-order valence-corrected chi connectivity index (χ1v) is 11.1. The van der Waals surface area contributed by atoms with Crippen LogP contribution in [0.5, 0.6) is 0 Å². The van der Waals surface area contributed by atoms with Gasteiger partial charge in [0.25, 0.3) is 5.91 Å². The van der Waals surface area contributed by atoms with Gasteiger partial charge in [0.15, 0.2) is 17.9 Å². The normalized spacial score (nSPS) is 17.2. The van der Waals surface area contributed by atoms with Gasteiger partial charge in [-0.1, -0.05) is 27.7 Å².